The van der Waals surface area contributed by atoms with Crippen LogP contribution in [-0.2, 0) is 9.59 Å². The molecule has 6 unspecified atom stereocenters. The molecular weight excluding hydrogens is 584 g/mol. The largest absolute Gasteiger partial charge is 0.311 e. The van der Waals surface area contributed by atoms with Gasteiger partial charge in [-0.2, -0.15) is 0 Å². The van der Waals surface area contributed by atoms with Gasteiger partial charge in [0.05, 0.1) is 11.4 Å². The summed E-state index contributed by atoms with van der Waals surface area (Å²) in [7, 11) is 0. The van der Waals surface area contributed by atoms with Crippen LogP contribution in [0, 0.1) is 11.8 Å². The molecule has 0 radical (unpaired) electrons. The van der Waals surface area contributed by atoms with Crippen molar-refractivity contribution in [2.45, 2.75) is 121 Å². The Kier molecular flexibility index (Phi) is 8.14. The van der Waals surface area contributed by atoms with E-state index >= 15 is 0 Å². The number of unbranched alkanes of at least 4 members (excludes halogenated alkanes) is 8. The fourth-order valence-electron chi connectivity index (χ4n) is 9.57. The van der Waals surface area contributed by atoms with Crippen LogP contribution in [0.25, 0.3) is 22.1 Å². The minimum atomic E-state index is 0.0251. The molecule has 47 heavy (non-hydrogen) atoms. The van der Waals surface area contributed by atoms with E-state index in [1.54, 1.807) is 0 Å². The van der Waals surface area contributed by atoms with Crippen molar-refractivity contribution >= 4 is 45.5 Å². The van der Waals surface area contributed by atoms with Gasteiger partial charge < -0.3 is 10.6 Å². The van der Waals surface area contributed by atoms with Crippen LogP contribution in [0.15, 0.2) is 36.4 Å². The van der Waals surface area contributed by atoms with Crippen LogP contribution in [-0.4, -0.2) is 31.8 Å². The molecule has 4 aliphatic rings. The van der Waals surface area contributed by atoms with Gasteiger partial charge in [0.15, 0.2) is 11.3 Å². The Morgan fingerprint density at radius 2 is 1.04 bits per heavy atom. The molecule has 8 rings (SSSR count). The highest BCUT2D eigenvalue weighted by Gasteiger charge is 2.68. The zero-order valence-electron chi connectivity index (χ0n) is 27.7. The lowest BCUT2D eigenvalue weighted by atomic mass is 9.76. The molecule has 2 saturated carbocycles. The third-order valence-electron chi connectivity index (χ3n) is 11.5. The number of nitrogens with zero attached hydrogens (tertiary/aromatic N) is 4. The second kappa shape index (κ2) is 12.6. The smallest absolute Gasteiger partial charge is 0.225 e. The van der Waals surface area contributed by atoms with E-state index in [4.69, 9.17) is 19.9 Å². The number of anilines is 2. The van der Waals surface area contributed by atoms with Crippen LogP contribution in [0.2, 0.25) is 0 Å². The van der Waals surface area contributed by atoms with Gasteiger partial charge in [0, 0.05) is 35.4 Å². The van der Waals surface area contributed by atoms with Gasteiger partial charge >= 0.3 is 0 Å². The average Bonchev–Trinajstić information content (AvgIpc) is 3.74. The van der Waals surface area contributed by atoms with Gasteiger partial charge in [-0.15, -0.1) is 0 Å². The summed E-state index contributed by atoms with van der Waals surface area (Å²) >= 11 is 0. The summed E-state index contributed by atoms with van der Waals surface area (Å²) in [5, 5.41) is 8.11. The third-order valence-corrected chi connectivity index (χ3v) is 11.5. The first kappa shape index (κ1) is 30.4. The molecule has 0 aromatic carbocycles. The number of hydrogen-bond donors (Lipinski definition) is 2. The fourth-order valence-corrected chi connectivity index (χ4v) is 9.57. The van der Waals surface area contributed by atoms with E-state index in [2.05, 4.69) is 48.7 Å². The highest BCUT2D eigenvalue weighted by molar-refractivity contribution is 5.92. The second-order valence-corrected chi connectivity index (χ2v) is 14.5. The molecule has 6 atom stereocenters. The third kappa shape index (κ3) is 5.38. The summed E-state index contributed by atoms with van der Waals surface area (Å²) in [6.07, 6.45) is 13.5. The monoisotopic (exact) mass is 630 g/mol. The van der Waals surface area contributed by atoms with E-state index in [0.717, 1.165) is 36.5 Å². The maximum absolute atomic E-state index is 12.6. The SMILES string of the molecule is CCCCCCCC(=O)Nc1ccc2cc3c(nc2n1)C1C2CC4C(c5cc6ccc(NC(=O)CCCCCCC)nc6nc5C41)C32. The van der Waals surface area contributed by atoms with Gasteiger partial charge in [-0.1, -0.05) is 65.2 Å². The number of aromatic nitrogens is 4. The van der Waals surface area contributed by atoms with Gasteiger partial charge in [-0.3, -0.25) is 9.59 Å². The van der Waals surface area contributed by atoms with E-state index < -0.39 is 0 Å². The number of hydrogen-bond acceptors (Lipinski definition) is 6. The van der Waals surface area contributed by atoms with Crippen molar-refractivity contribution in [1.82, 2.24) is 19.9 Å². The predicted octanol–water partition coefficient (Wildman–Crippen LogP) is 8.88. The van der Waals surface area contributed by atoms with Crippen molar-refractivity contribution in [1.29, 1.82) is 0 Å². The number of carbonyl (C=O) groups is 2. The zero-order chi connectivity index (χ0) is 32.1. The fraction of sp³-hybridized carbons (Fsp3) is 0.538. The summed E-state index contributed by atoms with van der Waals surface area (Å²) in [5.74, 6) is 3.98. The van der Waals surface area contributed by atoms with Crippen molar-refractivity contribution in [3.05, 3.63) is 58.9 Å². The lowest BCUT2D eigenvalue weighted by Crippen LogP contribution is -2.17. The molecule has 4 aliphatic carbocycles. The van der Waals surface area contributed by atoms with Gasteiger partial charge in [0.25, 0.3) is 0 Å². The summed E-state index contributed by atoms with van der Waals surface area (Å²) in [5.41, 5.74) is 6.59. The van der Waals surface area contributed by atoms with Crippen LogP contribution >= 0.6 is 0 Å². The zero-order valence-corrected chi connectivity index (χ0v) is 27.7. The van der Waals surface area contributed by atoms with Gasteiger partial charge in [0.1, 0.15) is 11.6 Å². The molecule has 4 aromatic rings. The molecule has 244 valence electrons. The van der Waals surface area contributed by atoms with Gasteiger partial charge in [0.2, 0.25) is 11.8 Å². The molecule has 4 heterocycles. The Morgan fingerprint density at radius 1 is 0.596 bits per heavy atom. The van der Waals surface area contributed by atoms with Crippen LogP contribution in [0.4, 0.5) is 11.6 Å². The predicted molar refractivity (Wildman–Crippen MR) is 186 cm³/mol. The van der Waals surface area contributed by atoms with Crippen molar-refractivity contribution in [2.75, 3.05) is 10.6 Å². The molecule has 2 bridgehead atoms. The number of amides is 2. The standard InChI is InChI=1S/C39H46N6O2/c1-3-5-7-9-11-13-30(46)40-28-17-15-22-19-26-32-24-21-25-33(32)27-20-23-16-18-29(41-31(47)14-12-10-8-6-4-2)43-39(23)45-37(27)35(25)34(24)36(26)44-38(22)42-28/h15-20,24-25,32-35H,3-14,21H2,1-2H3,(H,40,42,44,46)(H,41,43,45,47). The molecular formula is C39H46N6O2. The van der Waals surface area contributed by atoms with Gasteiger partial charge in [-0.25, -0.2) is 19.9 Å². The lowest BCUT2D eigenvalue weighted by Gasteiger charge is -2.26. The van der Waals surface area contributed by atoms with Crippen LogP contribution < -0.4 is 10.6 Å². The Labute approximate surface area is 277 Å². The van der Waals surface area contributed by atoms with Crippen molar-refractivity contribution < 1.29 is 9.59 Å². The molecule has 2 amide bonds. The summed E-state index contributed by atoms with van der Waals surface area (Å²) in [4.78, 5) is 45.3. The second-order valence-electron chi connectivity index (χ2n) is 14.5. The number of carbonyl (C=O) groups excluding carboxylic acids is 2. The quantitative estimate of drug-likeness (QED) is 0.135. The maximum atomic E-state index is 12.6. The Bertz CT molecular complexity index is 1720. The summed E-state index contributed by atoms with van der Waals surface area (Å²) in [6.45, 7) is 4.40. The Hall–Kier alpha value is -3.94. The molecule has 4 aromatic heterocycles. The Morgan fingerprint density at radius 3 is 1.49 bits per heavy atom. The van der Waals surface area contributed by atoms with Crippen LogP contribution in [0.1, 0.15) is 144 Å². The van der Waals surface area contributed by atoms with Crippen molar-refractivity contribution in [2.24, 2.45) is 11.8 Å². The molecule has 0 aliphatic heterocycles. The molecule has 0 saturated heterocycles. The number of fused-ring (bicyclic) bond motifs is 10. The highest BCUT2D eigenvalue weighted by atomic mass is 16.2. The van der Waals surface area contributed by atoms with Crippen molar-refractivity contribution in [3.63, 3.8) is 0 Å². The minimum Gasteiger partial charge on any atom is -0.311 e. The van der Waals surface area contributed by atoms with E-state index in [1.165, 1.54) is 67.5 Å². The number of pyridine rings is 4. The number of rotatable bonds is 14. The van der Waals surface area contributed by atoms with E-state index in [-0.39, 0.29) is 11.8 Å². The van der Waals surface area contributed by atoms with Crippen LogP contribution in [0.5, 0.6) is 0 Å². The molecule has 2 fully saturated rings. The lowest BCUT2D eigenvalue weighted by molar-refractivity contribution is -0.117. The maximum Gasteiger partial charge on any atom is 0.225 e. The Balaban J connectivity index is 1.02. The topological polar surface area (TPSA) is 110 Å². The molecule has 0 spiro atoms. The molecule has 2 N–H and O–H groups in total. The van der Waals surface area contributed by atoms with Gasteiger partial charge in [-0.05, 0) is 90.5 Å². The number of nitrogens with one attached hydrogen (secondary N) is 2. The molecule has 8 heteroatoms. The summed E-state index contributed by atoms with van der Waals surface area (Å²) < 4.78 is 0. The molecule has 8 nitrogen and oxygen atoms in total. The van der Waals surface area contributed by atoms with E-state index in [1.807, 2.05) is 12.1 Å². The van der Waals surface area contributed by atoms with Crippen molar-refractivity contribution in [3.8, 4) is 0 Å². The van der Waals surface area contributed by atoms with E-state index in [0.29, 0.717) is 71.3 Å². The first-order valence-corrected chi connectivity index (χ1v) is 18.3. The minimum absolute atomic E-state index is 0.0251. The van der Waals surface area contributed by atoms with E-state index in [9.17, 15) is 9.59 Å². The highest BCUT2D eigenvalue weighted by Crippen LogP contribution is 2.78. The normalized spacial score (nSPS) is 24.2. The first-order chi connectivity index (χ1) is 23.0. The van der Waals surface area contributed by atoms with Crippen LogP contribution in [0.3, 0.4) is 0 Å². The average molecular weight is 631 g/mol. The first-order valence-electron chi connectivity index (χ1n) is 18.3. The summed E-state index contributed by atoms with van der Waals surface area (Å²) in [6, 6.07) is 12.6.